The van der Waals surface area contributed by atoms with Gasteiger partial charge in [0.2, 0.25) is 0 Å². The molecule has 0 saturated carbocycles. The van der Waals surface area contributed by atoms with E-state index in [2.05, 4.69) is 0 Å². The Hall–Kier alpha value is -1.01. The molecule has 0 aliphatic heterocycles. The second kappa shape index (κ2) is 3.05. The molecule has 0 aromatic carbocycles. The molecule has 2 atom stereocenters. The molecule has 0 bridgehead atoms. The van der Waals surface area contributed by atoms with Crippen LogP contribution in [0.25, 0.3) is 0 Å². The largest absolute Gasteiger partial charge is 0.480 e. The Morgan fingerprint density at radius 1 is 2.38 bits per heavy atom. The highest BCUT2D eigenvalue weighted by Gasteiger charge is 2.07. The van der Waals surface area contributed by atoms with Gasteiger partial charge in [0.05, 0.1) is 1.37 Å². The van der Waals surface area contributed by atoms with Gasteiger partial charge in [-0.2, -0.15) is 0 Å². The second-order valence-corrected chi connectivity index (χ2v) is 1.07. The number of hydrogen-bond donors (Lipinski definition) is 2. The predicted octanol–water partition coefficient (Wildman–Crippen LogP) is -0.578. The van der Waals surface area contributed by atoms with Crippen molar-refractivity contribution in [2.45, 2.75) is 12.4 Å². The lowest BCUT2D eigenvalue weighted by Crippen LogP contribution is -2.29. The molecule has 0 aliphatic rings. The highest BCUT2D eigenvalue weighted by Crippen LogP contribution is 1.82. The van der Waals surface area contributed by atoms with Crippen LogP contribution in [0.1, 0.15) is 9.14 Å². The fourth-order valence-electron chi connectivity index (χ4n) is 0.152. The van der Waals surface area contributed by atoms with Gasteiger partial charge in [0.1, 0.15) is 6.02 Å². The SMILES string of the molecule is [2H][C@@H](C#C)[C@@]([2H])(N)C(=O)O. The van der Waals surface area contributed by atoms with Crippen molar-refractivity contribution in [3.8, 4) is 12.3 Å². The summed E-state index contributed by atoms with van der Waals surface area (Å²) in [6, 6.07) is -2.39. The average molecular weight is 115 g/mol. The van der Waals surface area contributed by atoms with Crippen LogP contribution in [0.15, 0.2) is 0 Å². The first kappa shape index (κ1) is 3.93. The second-order valence-electron chi connectivity index (χ2n) is 1.07. The third-order valence-electron chi connectivity index (χ3n) is 0.486. The van der Waals surface area contributed by atoms with Crippen molar-refractivity contribution in [3.63, 3.8) is 0 Å². The van der Waals surface area contributed by atoms with Crippen molar-refractivity contribution in [2.24, 2.45) is 5.73 Å². The minimum Gasteiger partial charge on any atom is -0.480 e. The van der Waals surface area contributed by atoms with Crippen LogP contribution in [0.3, 0.4) is 0 Å². The topological polar surface area (TPSA) is 63.3 Å². The molecule has 44 valence electrons. The number of hydrogen-bond acceptors (Lipinski definition) is 2. The fourth-order valence-corrected chi connectivity index (χ4v) is 0.152. The number of aliphatic carboxylic acids is 1. The minimum absolute atomic E-state index is 1.54. The normalized spacial score (nSPS) is 23.5. The first-order chi connectivity index (χ1) is 4.42. The van der Waals surface area contributed by atoms with Crippen molar-refractivity contribution < 1.29 is 12.6 Å². The van der Waals surface area contributed by atoms with E-state index in [0.717, 1.165) is 0 Å². The van der Waals surface area contributed by atoms with Crippen molar-refractivity contribution in [2.75, 3.05) is 0 Å². The minimum atomic E-state index is -2.39. The smallest absolute Gasteiger partial charge is 0.321 e. The summed E-state index contributed by atoms with van der Waals surface area (Å²) in [5, 5.41) is 8.21. The molecule has 0 saturated heterocycles. The molecule has 0 amide bonds. The predicted molar refractivity (Wildman–Crippen MR) is 29.1 cm³/mol. The number of carboxylic acids is 1. The van der Waals surface area contributed by atoms with Crippen LogP contribution in [-0.4, -0.2) is 17.1 Å². The van der Waals surface area contributed by atoms with Gasteiger partial charge in [-0.15, -0.1) is 12.3 Å². The van der Waals surface area contributed by atoms with E-state index in [1.807, 2.05) is 0 Å². The zero-order valence-corrected chi connectivity index (χ0v) is 4.09. The van der Waals surface area contributed by atoms with E-state index in [-0.39, 0.29) is 0 Å². The summed E-state index contributed by atoms with van der Waals surface area (Å²) in [6.07, 6.45) is 3.16. The van der Waals surface area contributed by atoms with E-state index >= 15 is 0 Å². The number of terminal acetylenes is 1. The molecule has 0 spiro atoms. The van der Waals surface area contributed by atoms with Crippen molar-refractivity contribution >= 4 is 5.97 Å². The van der Waals surface area contributed by atoms with E-state index in [0.29, 0.717) is 0 Å². The van der Waals surface area contributed by atoms with Crippen LogP contribution in [0.5, 0.6) is 0 Å². The molecular weight excluding hydrogens is 106 g/mol. The Labute approximate surface area is 50.3 Å². The maximum atomic E-state index is 10.1. The number of rotatable bonds is 2. The lowest BCUT2D eigenvalue weighted by atomic mass is 10.2. The monoisotopic (exact) mass is 115 g/mol. The van der Waals surface area contributed by atoms with Gasteiger partial charge in [0.25, 0.3) is 0 Å². The van der Waals surface area contributed by atoms with Crippen molar-refractivity contribution in [1.29, 1.82) is 0 Å². The molecule has 3 heteroatoms. The molecule has 0 radical (unpaired) electrons. The summed E-state index contributed by atoms with van der Waals surface area (Å²) >= 11 is 0. The summed E-state index contributed by atoms with van der Waals surface area (Å²) in [4.78, 5) is 10.1. The van der Waals surface area contributed by atoms with Gasteiger partial charge >= 0.3 is 5.97 Å². The Bertz CT molecular complexity index is 185. The number of carboxylic acid groups (broad SMARTS) is 1. The van der Waals surface area contributed by atoms with Gasteiger partial charge in [-0.25, -0.2) is 0 Å². The maximum Gasteiger partial charge on any atom is 0.321 e. The average Bonchev–Trinajstić information content (AvgIpc) is 1.86. The Morgan fingerprint density at radius 3 is 3.00 bits per heavy atom. The fraction of sp³-hybridized carbons (Fsp3) is 0.400. The van der Waals surface area contributed by atoms with Crippen LogP contribution < -0.4 is 5.73 Å². The molecule has 0 aromatic heterocycles. The highest BCUT2D eigenvalue weighted by molar-refractivity contribution is 5.73. The molecule has 0 rings (SSSR count). The summed E-state index contributed by atoms with van der Waals surface area (Å²) in [5.41, 5.74) is 4.85. The molecule has 0 fully saturated rings. The molecule has 0 heterocycles. The summed E-state index contributed by atoms with van der Waals surface area (Å²) in [7, 11) is 0. The molecule has 0 aliphatic carbocycles. The zero-order chi connectivity index (χ0) is 8.36. The van der Waals surface area contributed by atoms with Crippen molar-refractivity contribution in [3.05, 3.63) is 0 Å². The van der Waals surface area contributed by atoms with Gasteiger partial charge in [0.15, 0.2) is 0 Å². The first-order valence-corrected chi connectivity index (χ1v) is 1.83. The third-order valence-corrected chi connectivity index (χ3v) is 0.486. The molecular formula is C5H7NO2. The van der Waals surface area contributed by atoms with Gasteiger partial charge in [-0.05, 0) is 0 Å². The zero-order valence-electron chi connectivity index (χ0n) is 6.09. The summed E-state index contributed by atoms with van der Waals surface area (Å²) < 4.78 is 13.7. The van der Waals surface area contributed by atoms with Crippen LogP contribution in [0.2, 0.25) is 0 Å². The van der Waals surface area contributed by atoms with Gasteiger partial charge in [-0.1, -0.05) is 0 Å². The van der Waals surface area contributed by atoms with E-state index in [9.17, 15) is 4.79 Å². The van der Waals surface area contributed by atoms with Gasteiger partial charge in [-0.3, -0.25) is 4.79 Å². The lowest BCUT2D eigenvalue weighted by Gasteiger charge is -1.96. The quantitative estimate of drug-likeness (QED) is 0.473. The summed E-state index contributed by atoms with van der Waals surface area (Å²) in [6.45, 7) is 0. The van der Waals surface area contributed by atoms with E-state index in [4.69, 9.17) is 20.0 Å². The molecule has 0 aromatic rings. The van der Waals surface area contributed by atoms with E-state index in [1.54, 1.807) is 5.92 Å². The van der Waals surface area contributed by atoms with Crippen LogP contribution >= 0.6 is 0 Å². The molecule has 8 heavy (non-hydrogen) atoms. The number of nitrogens with two attached hydrogens (primary N) is 1. The molecule has 0 unspecified atom stereocenters. The van der Waals surface area contributed by atoms with Gasteiger partial charge < -0.3 is 10.8 Å². The first-order valence-electron chi connectivity index (χ1n) is 2.91. The third kappa shape index (κ3) is 2.21. The van der Waals surface area contributed by atoms with Crippen LogP contribution in [-0.2, 0) is 4.79 Å². The maximum absolute atomic E-state index is 10.1. The van der Waals surface area contributed by atoms with Crippen LogP contribution in [0.4, 0.5) is 0 Å². The van der Waals surface area contributed by atoms with Gasteiger partial charge in [0, 0.05) is 7.77 Å². The summed E-state index contributed by atoms with van der Waals surface area (Å²) in [5.74, 6) is 0.168. The number of carbonyl (C=O) groups is 1. The molecule has 3 nitrogen and oxygen atoms in total. The van der Waals surface area contributed by atoms with Crippen molar-refractivity contribution in [1.82, 2.24) is 0 Å². The van der Waals surface area contributed by atoms with E-state index in [1.165, 1.54) is 0 Å². The van der Waals surface area contributed by atoms with E-state index < -0.39 is 18.4 Å². The Morgan fingerprint density at radius 2 is 2.88 bits per heavy atom. The standard InChI is InChI=1S/C5H7NO2/c1-2-3-4(6)5(7)8/h1,4H,3,6H2,(H,7,8)/t4-/m1/s1/i3D,4D/t3-,4+/m0. The Kier molecular flexibility index (Phi) is 1.50. The highest BCUT2D eigenvalue weighted by atomic mass is 16.4. The van der Waals surface area contributed by atoms with Crippen LogP contribution in [0, 0.1) is 12.3 Å². The Balaban J connectivity index is 4.43. The molecule has 3 N–H and O–H groups in total. The lowest BCUT2D eigenvalue weighted by molar-refractivity contribution is -0.138.